The molecule has 2 rings (SSSR count). The van der Waals surface area contributed by atoms with Crippen LogP contribution in [0.15, 0.2) is 35.2 Å². The Labute approximate surface area is 127 Å². The van der Waals surface area contributed by atoms with Gasteiger partial charge in [-0.25, -0.2) is 0 Å². The molecule has 0 unspecified atom stereocenters. The molecule has 2 aromatic rings. The van der Waals surface area contributed by atoms with Crippen LogP contribution in [0.2, 0.25) is 5.28 Å². The molecule has 0 aliphatic heterocycles. The average Bonchev–Trinajstić information content (AvgIpc) is 2.45. The molecule has 0 radical (unpaired) electrons. The molecule has 7 heteroatoms. The Morgan fingerprint density at radius 3 is 2.75 bits per heavy atom. The average molecular weight is 311 g/mol. The van der Waals surface area contributed by atoms with Crippen molar-refractivity contribution in [3.63, 3.8) is 0 Å². The van der Waals surface area contributed by atoms with Crippen LogP contribution in [-0.2, 0) is 0 Å². The standard InChI is InChI=1S/C13H15ClN4OS/c1-2-19-13-17-11(14)16-12(18-13)15-8-9-20-10-6-4-3-5-7-10/h3-7H,2,8-9H2,1H3,(H,15,16,17,18). The van der Waals surface area contributed by atoms with Gasteiger partial charge < -0.3 is 10.1 Å². The number of halogens is 1. The first-order valence-electron chi connectivity index (χ1n) is 6.24. The van der Waals surface area contributed by atoms with Gasteiger partial charge >= 0.3 is 6.01 Å². The molecule has 20 heavy (non-hydrogen) atoms. The first-order valence-corrected chi connectivity index (χ1v) is 7.60. The van der Waals surface area contributed by atoms with Gasteiger partial charge in [-0.2, -0.15) is 15.0 Å². The summed E-state index contributed by atoms with van der Waals surface area (Å²) in [5.41, 5.74) is 0. The summed E-state index contributed by atoms with van der Waals surface area (Å²) in [6.07, 6.45) is 0. The van der Waals surface area contributed by atoms with Crippen LogP contribution in [0, 0.1) is 0 Å². The highest BCUT2D eigenvalue weighted by atomic mass is 35.5. The van der Waals surface area contributed by atoms with E-state index in [-0.39, 0.29) is 11.3 Å². The van der Waals surface area contributed by atoms with Gasteiger partial charge in [-0.15, -0.1) is 11.8 Å². The van der Waals surface area contributed by atoms with Crippen molar-refractivity contribution in [3.8, 4) is 6.01 Å². The molecule has 0 bridgehead atoms. The van der Waals surface area contributed by atoms with E-state index in [1.54, 1.807) is 11.8 Å². The third kappa shape index (κ3) is 4.86. The molecule has 1 aromatic heterocycles. The highest BCUT2D eigenvalue weighted by molar-refractivity contribution is 7.99. The van der Waals surface area contributed by atoms with Crippen molar-refractivity contribution in [2.45, 2.75) is 11.8 Å². The number of nitrogens with zero attached hydrogens (tertiary/aromatic N) is 3. The summed E-state index contributed by atoms with van der Waals surface area (Å²) in [4.78, 5) is 13.2. The Kier molecular flexibility index (Phi) is 5.88. The maximum Gasteiger partial charge on any atom is 0.322 e. The summed E-state index contributed by atoms with van der Waals surface area (Å²) in [6, 6.07) is 10.5. The van der Waals surface area contributed by atoms with Crippen LogP contribution in [0.1, 0.15) is 6.92 Å². The Balaban J connectivity index is 1.81. The van der Waals surface area contributed by atoms with Crippen LogP contribution in [0.25, 0.3) is 0 Å². The van der Waals surface area contributed by atoms with E-state index in [4.69, 9.17) is 16.3 Å². The number of hydrogen-bond donors (Lipinski definition) is 1. The van der Waals surface area contributed by atoms with Gasteiger partial charge in [0.15, 0.2) is 0 Å². The fourth-order valence-electron chi connectivity index (χ4n) is 1.45. The molecule has 0 aliphatic rings. The minimum Gasteiger partial charge on any atom is -0.464 e. The fourth-order valence-corrected chi connectivity index (χ4v) is 2.39. The topological polar surface area (TPSA) is 59.9 Å². The predicted octanol–water partition coefficient (Wildman–Crippen LogP) is 3.13. The number of hydrogen-bond acceptors (Lipinski definition) is 6. The van der Waals surface area contributed by atoms with Crippen LogP contribution in [-0.4, -0.2) is 33.9 Å². The van der Waals surface area contributed by atoms with E-state index in [1.807, 2.05) is 25.1 Å². The second kappa shape index (κ2) is 7.91. The van der Waals surface area contributed by atoms with Crippen LogP contribution in [0.5, 0.6) is 6.01 Å². The Morgan fingerprint density at radius 2 is 2.00 bits per heavy atom. The lowest BCUT2D eigenvalue weighted by Gasteiger charge is -2.06. The molecule has 106 valence electrons. The highest BCUT2D eigenvalue weighted by Gasteiger charge is 2.05. The van der Waals surface area contributed by atoms with Crippen LogP contribution in [0.3, 0.4) is 0 Å². The Morgan fingerprint density at radius 1 is 1.20 bits per heavy atom. The van der Waals surface area contributed by atoms with E-state index >= 15 is 0 Å². The molecule has 0 aliphatic carbocycles. The molecule has 1 heterocycles. The molecule has 0 amide bonds. The maximum atomic E-state index is 5.81. The predicted molar refractivity (Wildman–Crippen MR) is 81.7 cm³/mol. The van der Waals surface area contributed by atoms with Gasteiger partial charge in [-0.1, -0.05) is 18.2 Å². The number of thioether (sulfide) groups is 1. The van der Waals surface area contributed by atoms with E-state index in [1.165, 1.54) is 4.90 Å². The quantitative estimate of drug-likeness (QED) is 0.626. The van der Waals surface area contributed by atoms with Crippen molar-refractivity contribution in [1.29, 1.82) is 0 Å². The van der Waals surface area contributed by atoms with Crippen molar-refractivity contribution in [2.24, 2.45) is 0 Å². The van der Waals surface area contributed by atoms with Crippen molar-refractivity contribution in [3.05, 3.63) is 35.6 Å². The monoisotopic (exact) mass is 310 g/mol. The number of benzene rings is 1. The summed E-state index contributed by atoms with van der Waals surface area (Å²) in [7, 11) is 0. The van der Waals surface area contributed by atoms with Gasteiger partial charge in [-0.05, 0) is 30.7 Å². The molecule has 1 N–H and O–H groups in total. The normalized spacial score (nSPS) is 10.3. The molecule has 0 fully saturated rings. The van der Waals surface area contributed by atoms with Gasteiger partial charge in [0.1, 0.15) is 0 Å². The van der Waals surface area contributed by atoms with Crippen molar-refractivity contribution < 1.29 is 4.74 Å². The molecule has 0 saturated heterocycles. The van der Waals surface area contributed by atoms with Crippen molar-refractivity contribution in [2.75, 3.05) is 24.2 Å². The van der Waals surface area contributed by atoms with E-state index < -0.39 is 0 Å². The Bertz CT molecular complexity index is 541. The summed E-state index contributed by atoms with van der Waals surface area (Å²) >= 11 is 7.57. The number of anilines is 1. The molecule has 0 spiro atoms. The lowest BCUT2D eigenvalue weighted by molar-refractivity contribution is 0.312. The van der Waals surface area contributed by atoms with E-state index in [2.05, 4.69) is 32.4 Å². The number of rotatable bonds is 7. The smallest absolute Gasteiger partial charge is 0.322 e. The number of nitrogens with one attached hydrogen (secondary N) is 1. The molecular formula is C13H15ClN4OS. The lowest BCUT2D eigenvalue weighted by atomic mass is 10.4. The molecule has 0 atom stereocenters. The molecule has 0 saturated carbocycles. The summed E-state index contributed by atoms with van der Waals surface area (Å²) in [5.74, 6) is 1.33. The highest BCUT2D eigenvalue weighted by Crippen LogP contribution is 2.17. The van der Waals surface area contributed by atoms with Gasteiger partial charge in [-0.3, -0.25) is 0 Å². The first kappa shape index (κ1) is 14.9. The van der Waals surface area contributed by atoms with Crippen molar-refractivity contribution in [1.82, 2.24) is 15.0 Å². The minimum absolute atomic E-state index is 0.127. The third-order valence-corrected chi connectivity index (χ3v) is 3.44. The lowest BCUT2D eigenvalue weighted by Crippen LogP contribution is -2.09. The van der Waals surface area contributed by atoms with E-state index in [0.717, 1.165) is 12.3 Å². The van der Waals surface area contributed by atoms with Gasteiger partial charge in [0, 0.05) is 17.2 Å². The van der Waals surface area contributed by atoms with Crippen LogP contribution < -0.4 is 10.1 Å². The minimum atomic E-state index is 0.127. The van der Waals surface area contributed by atoms with Crippen LogP contribution >= 0.6 is 23.4 Å². The SMILES string of the molecule is CCOc1nc(Cl)nc(NCCSc2ccccc2)n1. The second-order valence-corrected chi connectivity index (χ2v) is 5.24. The maximum absolute atomic E-state index is 5.81. The molecule has 5 nitrogen and oxygen atoms in total. The largest absolute Gasteiger partial charge is 0.464 e. The summed E-state index contributed by atoms with van der Waals surface area (Å²) in [6.45, 7) is 3.08. The summed E-state index contributed by atoms with van der Waals surface area (Å²) in [5, 5.41) is 3.23. The van der Waals surface area contributed by atoms with Crippen LogP contribution in [0.4, 0.5) is 5.95 Å². The zero-order valence-corrected chi connectivity index (χ0v) is 12.6. The molecular weight excluding hydrogens is 296 g/mol. The Hall–Kier alpha value is -1.53. The summed E-state index contributed by atoms with van der Waals surface area (Å²) < 4.78 is 5.21. The number of ether oxygens (including phenoxy) is 1. The second-order valence-electron chi connectivity index (χ2n) is 3.73. The van der Waals surface area contributed by atoms with Crippen molar-refractivity contribution >= 4 is 29.3 Å². The zero-order chi connectivity index (χ0) is 14.2. The number of aromatic nitrogens is 3. The first-order chi connectivity index (χ1) is 9.78. The molecule has 1 aromatic carbocycles. The van der Waals surface area contributed by atoms with Gasteiger partial charge in [0.25, 0.3) is 0 Å². The fraction of sp³-hybridized carbons (Fsp3) is 0.308. The third-order valence-electron chi connectivity index (χ3n) is 2.26. The zero-order valence-electron chi connectivity index (χ0n) is 11.0. The van der Waals surface area contributed by atoms with E-state index in [9.17, 15) is 0 Å². The van der Waals surface area contributed by atoms with Gasteiger partial charge in [0.2, 0.25) is 11.2 Å². The van der Waals surface area contributed by atoms with Gasteiger partial charge in [0.05, 0.1) is 6.61 Å². The van der Waals surface area contributed by atoms with E-state index in [0.29, 0.717) is 12.6 Å².